The van der Waals surface area contributed by atoms with E-state index in [9.17, 15) is 4.79 Å². The van der Waals surface area contributed by atoms with E-state index in [1.165, 1.54) is 5.56 Å². The van der Waals surface area contributed by atoms with E-state index in [-0.39, 0.29) is 5.91 Å². The molecule has 1 saturated heterocycles. The Kier molecular flexibility index (Phi) is 5.65. The van der Waals surface area contributed by atoms with Crippen LogP contribution in [0.25, 0.3) is 0 Å². The van der Waals surface area contributed by atoms with Gasteiger partial charge in [0.15, 0.2) is 6.10 Å². The van der Waals surface area contributed by atoms with Crippen molar-refractivity contribution >= 4 is 5.91 Å². The summed E-state index contributed by atoms with van der Waals surface area (Å²) < 4.78 is 5.48. The van der Waals surface area contributed by atoms with E-state index in [2.05, 4.69) is 30.3 Å². The summed E-state index contributed by atoms with van der Waals surface area (Å²) in [6.45, 7) is 1.64. The average molecular weight is 323 g/mol. The van der Waals surface area contributed by atoms with E-state index in [1.54, 1.807) is 7.11 Å². The molecule has 126 valence electrons. The predicted octanol–water partition coefficient (Wildman–Crippen LogP) is 3.86. The molecule has 1 atom stereocenters. The monoisotopic (exact) mass is 323 g/mol. The minimum absolute atomic E-state index is 0.0851. The molecule has 24 heavy (non-hydrogen) atoms. The van der Waals surface area contributed by atoms with Crippen molar-refractivity contribution in [3.63, 3.8) is 0 Å². The van der Waals surface area contributed by atoms with Crippen LogP contribution in [0.2, 0.25) is 0 Å². The molecule has 1 fully saturated rings. The Balaban J connectivity index is 1.56. The van der Waals surface area contributed by atoms with E-state index in [0.717, 1.165) is 37.9 Å². The molecule has 0 aromatic heterocycles. The van der Waals surface area contributed by atoms with Crippen molar-refractivity contribution < 1.29 is 9.53 Å². The summed E-state index contributed by atoms with van der Waals surface area (Å²) in [5.74, 6) is 0.746. The van der Waals surface area contributed by atoms with Crippen molar-refractivity contribution in [2.45, 2.75) is 25.4 Å². The van der Waals surface area contributed by atoms with Crippen LogP contribution < -0.4 is 0 Å². The van der Waals surface area contributed by atoms with Gasteiger partial charge in [0.1, 0.15) is 0 Å². The molecule has 0 N–H and O–H groups in total. The number of amides is 1. The Labute approximate surface area is 144 Å². The molecule has 2 aromatic carbocycles. The Morgan fingerprint density at radius 1 is 1.04 bits per heavy atom. The zero-order valence-electron chi connectivity index (χ0n) is 14.2. The number of benzene rings is 2. The van der Waals surface area contributed by atoms with Crippen LogP contribution in [0.5, 0.6) is 0 Å². The molecular formula is C21H25NO2. The van der Waals surface area contributed by atoms with Gasteiger partial charge < -0.3 is 9.64 Å². The van der Waals surface area contributed by atoms with Crippen molar-refractivity contribution in [3.05, 3.63) is 71.8 Å². The smallest absolute Gasteiger partial charge is 0.256 e. The highest BCUT2D eigenvalue weighted by molar-refractivity contribution is 5.82. The highest BCUT2D eigenvalue weighted by Gasteiger charge is 2.29. The van der Waals surface area contributed by atoms with Gasteiger partial charge in [-0.1, -0.05) is 60.7 Å². The van der Waals surface area contributed by atoms with Crippen LogP contribution in [0, 0.1) is 5.92 Å². The summed E-state index contributed by atoms with van der Waals surface area (Å²) in [4.78, 5) is 14.8. The van der Waals surface area contributed by atoms with Gasteiger partial charge in [0.2, 0.25) is 0 Å². The first-order chi connectivity index (χ1) is 11.8. The summed E-state index contributed by atoms with van der Waals surface area (Å²) in [7, 11) is 1.61. The lowest BCUT2D eigenvalue weighted by Gasteiger charge is -2.34. The topological polar surface area (TPSA) is 29.5 Å². The molecule has 0 unspecified atom stereocenters. The lowest BCUT2D eigenvalue weighted by Crippen LogP contribution is -2.41. The standard InChI is InChI=1S/C21H25NO2/c1-24-20(19-10-6-3-7-11-19)21(23)22-14-12-18(13-15-22)16-17-8-4-2-5-9-17/h2-11,18,20H,12-16H2,1H3/t20-/m0/s1. The predicted molar refractivity (Wildman–Crippen MR) is 95.6 cm³/mol. The second kappa shape index (κ2) is 8.11. The molecule has 1 amide bonds. The van der Waals surface area contributed by atoms with Gasteiger partial charge in [0.05, 0.1) is 0 Å². The first kappa shape index (κ1) is 16.7. The molecule has 0 saturated carbocycles. The van der Waals surface area contributed by atoms with Crippen molar-refractivity contribution in [1.82, 2.24) is 4.90 Å². The highest BCUT2D eigenvalue weighted by atomic mass is 16.5. The van der Waals surface area contributed by atoms with Crippen molar-refractivity contribution in [2.24, 2.45) is 5.92 Å². The first-order valence-electron chi connectivity index (χ1n) is 8.68. The minimum Gasteiger partial charge on any atom is -0.367 e. The van der Waals surface area contributed by atoms with Crippen LogP contribution in [-0.4, -0.2) is 31.0 Å². The van der Waals surface area contributed by atoms with Crippen molar-refractivity contribution in [1.29, 1.82) is 0 Å². The number of likely N-dealkylation sites (tertiary alicyclic amines) is 1. The van der Waals surface area contributed by atoms with E-state index in [4.69, 9.17) is 4.74 Å². The number of ether oxygens (including phenoxy) is 1. The third-order valence-corrected chi connectivity index (χ3v) is 4.86. The van der Waals surface area contributed by atoms with Crippen LogP contribution in [0.1, 0.15) is 30.1 Å². The number of hydrogen-bond donors (Lipinski definition) is 0. The quantitative estimate of drug-likeness (QED) is 0.836. The summed E-state index contributed by atoms with van der Waals surface area (Å²) in [5, 5.41) is 0. The fourth-order valence-electron chi connectivity index (χ4n) is 3.48. The first-order valence-corrected chi connectivity index (χ1v) is 8.68. The number of methoxy groups -OCH3 is 1. The van der Waals surface area contributed by atoms with Gasteiger partial charge in [-0.3, -0.25) is 4.79 Å². The molecule has 1 aliphatic heterocycles. The zero-order valence-corrected chi connectivity index (χ0v) is 14.2. The number of carbonyl (C=O) groups is 1. The van der Waals surface area contributed by atoms with Gasteiger partial charge in [-0.05, 0) is 36.3 Å². The minimum atomic E-state index is -0.489. The second-order valence-electron chi connectivity index (χ2n) is 6.48. The van der Waals surface area contributed by atoms with Gasteiger partial charge in [-0.25, -0.2) is 0 Å². The third-order valence-electron chi connectivity index (χ3n) is 4.86. The summed E-state index contributed by atoms with van der Waals surface area (Å²) in [6, 6.07) is 20.4. The van der Waals surface area contributed by atoms with Crippen molar-refractivity contribution in [3.8, 4) is 0 Å². The molecule has 2 aromatic rings. The summed E-state index contributed by atoms with van der Waals surface area (Å²) in [5.41, 5.74) is 2.32. The Morgan fingerprint density at radius 2 is 1.62 bits per heavy atom. The van der Waals surface area contributed by atoms with Gasteiger partial charge in [0.25, 0.3) is 5.91 Å². The van der Waals surface area contributed by atoms with E-state index in [1.807, 2.05) is 35.2 Å². The largest absolute Gasteiger partial charge is 0.367 e. The SMILES string of the molecule is CO[C@H](C(=O)N1CCC(Cc2ccccc2)CC1)c1ccccc1. The molecule has 3 nitrogen and oxygen atoms in total. The maximum Gasteiger partial charge on any atom is 0.256 e. The Hall–Kier alpha value is -2.13. The number of piperidine rings is 1. The van der Waals surface area contributed by atoms with Crippen molar-refractivity contribution in [2.75, 3.05) is 20.2 Å². The lowest BCUT2D eigenvalue weighted by atomic mass is 9.90. The lowest BCUT2D eigenvalue weighted by molar-refractivity contribution is -0.143. The highest BCUT2D eigenvalue weighted by Crippen LogP contribution is 2.25. The maximum absolute atomic E-state index is 12.8. The van der Waals surface area contributed by atoms with Gasteiger partial charge in [-0.2, -0.15) is 0 Å². The fourth-order valence-corrected chi connectivity index (χ4v) is 3.48. The molecule has 0 radical (unpaired) electrons. The molecule has 3 heteroatoms. The molecule has 0 spiro atoms. The van der Waals surface area contributed by atoms with Gasteiger partial charge in [0, 0.05) is 20.2 Å². The molecule has 1 heterocycles. The maximum atomic E-state index is 12.8. The van der Waals surface area contributed by atoms with Crippen LogP contribution >= 0.6 is 0 Å². The molecule has 0 bridgehead atoms. The number of carbonyl (C=O) groups excluding carboxylic acids is 1. The van der Waals surface area contributed by atoms with Crippen LogP contribution in [-0.2, 0) is 16.0 Å². The summed E-state index contributed by atoms with van der Waals surface area (Å²) in [6.07, 6.45) is 2.74. The van der Waals surface area contributed by atoms with Crippen LogP contribution in [0.3, 0.4) is 0 Å². The van der Waals surface area contributed by atoms with Crippen LogP contribution in [0.4, 0.5) is 0 Å². The number of hydrogen-bond acceptors (Lipinski definition) is 2. The van der Waals surface area contributed by atoms with E-state index >= 15 is 0 Å². The van der Waals surface area contributed by atoms with Gasteiger partial charge in [-0.15, -0.1) is 0 Å². The van der Waals surface area contributed by atoms with Gasteiger partial charge >= 0.3 is 0 Å². The normalized spacial score (nSPS) is 16.8. The molecule has 0 aliphatic carbocycles. The number of rotatable bonds is 5. The molecule has 3 rings (SSSR count). The Morgan fingerprint density at radius 3 is 2.21 bits per heavy atom. The number of nitrogens with zero attached hydrogens (tertiary/aromatic N) is 1. The van der Waals surface area contributed by atoms with Crippen LogP contribution in [0.15, 0.2) is 60.7 Å². The summed E-state index contributed by atoms with van der Waals surface area (Å²) >= 11 is 0. The molecular weight excluding hydrogens is 298 g/mol. The Bertz CT molecular complexity index is 633. The second-order valence-corrected chi connectivity index (χ2v) is 6.48. The van der Waals surface area contributed by atoms with E-state index in [0.29, 0.717) is 5.92 Å². The third kappa shape index (κ3) is 4.04. The fraction of sp³-hybridized carbons (Fsp3) is 0.381. The molecule has 1 aliphatic rings. The zero-order chi connectivity index (χ0) is 16.8. The van der Waals surface area contributed by atoms with E-state index < -0.39 is 6.10 Å². The average Bonchev–Trinajstić information content (AvgIpc) is 2.65.